The zero-order valence-electron chi connectivity index (χ0n) is 15.7. The van der Waals surface area contributed by atoms with Crippen molar-refractivity contribution in [1.82, 2.24) is 9.55 Å². The lowest BCUT2D eigenvalue weighted by Crippen LogP contribution is -2.07. The van der Waals surface area contributed by atoms with E-state index in [1.807, 2.05) is 0 Å². The van der Waals surface area contributed by atoms with Crippen molar-refractivity contribution >= 4 is 11.0 Å². The van der Waals surface area contributed by atoms with Crippen molar-refractivity contribution in [2.45, 2.75) is 53.0 Å². The van der Waals surface area contributed by atoms with Crippen LogP contribution in [0.25, 0.3) is 11.0 Å². The SMILES string of the molecule is CCC(C)c1ccc(Cn2c(CCO)nc3cc(C)c(C)cc32)cc1. The Balaban J connectivity index is 1.99. The average Bonchev–Trinajstić information content (AvgIpc) is 2.92. The van der Waals surface area contributed by atoms with Crippen molar-refractivity contribution in [1.29, 1.82) is 0 Å². The highest BCUT2D eigenvalue weighted by atomic mass is 16.3. The van der Waals surface area contributed by atoms with Gasteiger partial charge >= 0.3 is 0 Å². The molecule has 0 saturated carbocycles. The maximum Gasteiger partial charge on any atom is 0.112 e. The summed E-state index contributed by atoms with van der Waals surface area (Å²) in [7, 11) is 0. The lowest BCUT2D eigenvalue weighted by Gasteiger charge is -2.12. The summed E-state index contributed by atoms with van der Waals surface area (Å²) in [6.07, 6.45) is 1.74. The number of aliphatic hydroxyl groups is 1. The Morgan fingerprint density at radius 2 is 1.76 bits per heavy atom. The monoisotopic (exact) mass is 336 g/mol. The van der Waals surface area contributed by atoms with E-state index in [1.165, 1.54) is 22.3 Å². The summed E-state index contributed by atoms with van der Waals surface area (Å²) in [5, 5.41) is 9.42. The third-order valence-electron chi connectivity index (χ3n) is 5.28. The zero-order chi connectivity index (χ0) is 18.0. The fourth-order valence-corrected chi connectivity index (χ4v) is 3.27. The van der Waals surface area contributed by atoms with Crippen LogP contribution in [-0.2, 0) is 13.0 Å². The third-order valence-corrected chi connectivity index (χ3v) is 5.28. The van der Waals surface area contributed by atoms with E-state index in [4.69, 9.17) is 4.98 Å². The number of aliphatic hydroxyl groups excluding tert-OH is 1. The van der Waals surface area contributed by atoms with Crippen LogP contribution in [0, 0.1) is 13.8 Å². The fourth-order valence-electron chi connectivity index (χ4n) is 3.27. The molecule has 3 heteroatoms. The molecule has 0 saturated heterocycles. The van der Waals surface area contributed by atoms with E-state index in [0.717, 1.165) is 29.8 Å². The number of imidazole rings is 1. The van der Waals surface area contributed by atoms with Gasteiger partial charge in [-0.15, -0.1) is 0 Å². The van der Waals surface area contributed by atoms with E-state index in [1.54, 1.807) is 0 Å². The second-order valence-electron chi connectivity index (χ2n) is 7.06. The number of nitrogens with zero attached hydrogens (tertiary/aromatic N) is 2. The van der Waals surface area contributed by atoms with E-state index in [0.29, 0.717) is 12.3 Å². The van der Waals surface area contributed by atoms with Gasteiger partial charge in [0.25, 0.3) is 0 Å². The summed E-state index contributed by atoms with van der Waals surface area (Å²) in [6.45, 7) is 9.65. The number of aryl methyl sites for hydroxylation is 2. The Labute approximate surface area is 150 Å². The number of fused-ring (bicyclic) bond motifs is 1. The molecule has 25 heavy (non-hydrogen) atoms. The van der Waals surface area contributed by atoms with Crippen LogP contribution in [0.5, 0.6) is 0 Å². The molecule has 3 nitrogen and oxygen atoms in total. The highest BCUT2D eigenvalue weighted by Gasteiger charge is 2.12. The van der Waals surface area contributed by atoms with Gasteiger partial charge in [0.1, 0.15) is 5.82 Å². The molecule has 0 spiro atoms. The fraction of sp³-hybridized carbons (Fsp3) is 0.409. The highest BCUT2D eigenvalue weighted by Crippen LogP contribution is 2.24. The Morgan fingerprint density at radius 3 is 2.40 bits per heavy atom. The molecule has 0 radical (unpaired) electrons. The average molecular weight is 336 g/mol. The number of benzene rings is 2. The molecule has 0 fully saturated rings. The quantitative estimate of drug-likeness (QED) is 0.705. The minimum Gasteiger partial charge on any atom is -0.396 e. The molecule has 3 rings (SSSR count). The summed E-state index contributed by atoms with van der Waals surface area (Å²) < 4.78 is 2.25. The summed E-state index contributed by atoms with van der Waals surface area (Å²) >= 11 is 0. The first kappa shape index (κ1) is 17.7. The van der Waals surface area contributed by atoms with E-state index in [2.05, 4.69) is 68.7 Å². The maximum atomic E-state index is 9.42. The molecular formula is C22H28N2O. The van der Waals surface area contributed by atoms with Crippen LogP contribution < -0.4 is 0 Å². The van der Waals surface area contributed by atoms with Gasteiger partial charge in [-0.3, -0.25) is 0 Å². The Kier molecular flexibility index (Phi) is 5.24. The lowest BCUT2D eigenvalue weighted by molar-refractivity contribution is 0.295. The van der Waals surface area contributed by atoms with Crippen molar-refractivity contribution < 1.29 is 5.11 Å². The van der Waals surface area contributed by atoms with Gasteiger partial charge in [-0.05, 0) is 60.6 Å². The van der Waals surface area contributed by atoms with Gasteiger partial charge in [0.2, 0.25) is 0 Å². The maximum absolute atomic E-state index is 9.42. The number of aromatic nitrogens is 2. The van der Waals surface area contributed by atoms with Gasteiger partial charge in [-0.2, -0.15) is 0 Å². The number of hydrogen-bond donors (Lipinski definition) is 1. The molecule has 0 amide bonds. The Morgan fingerprint density at radius 1 is 1.08 bits per heavy atom. The minimum absolute atomic E-state index is 0.119. The van der Waals surface area contributed by atoms with Gasteiger partial charge in [0.05, 0.1) is 17.6 Å². The van der Waals surface area contributed by atoms with Crippen molar-refractivity contribution in [3.63, 3.8) is 0 Å². The topological polar surface area (TPSA) is 38.0 Å². The first-order valence-electron chi connectivity index (χ1n) is 9.19. The third kappa shape index (κ3) is 3.62. The summed E-state index contributed by atoms with van der Waals surface area (Å²) in [4.78, 5) is 4.76. The number of hydrogen-bond acceptors (Lipinski definition) is 2. The predicted molar refractivity (Wildman–Crippen MR) is 104 cm³/mol. The van der Waals surface area contributed by atoms with Crippen LogP contribution >= 0.6 is 0 Å². The molecule has 1 heterocycles. The van der Waals surface area contributed by atoms with Gasteiger partial charge in [0, 0.05) is 13.0 Å². The molecule has 3 aromatic rings. The van der Waals surface area contributed by atoms with Crippen molar-refractivity contribution in [3.8, 4) is 0 Å². The van der Waals surface area contributed by atoms with Gasteiger partial charge < -0.3 is 9.67 Å². The second-order valence-corrected chi connectivity index (χ2v) is 7.06. The molecule has 1 atom stereocenters. The minimum atomic E-state index is 0.119. The van der Waals surface area contributed by atoms with Gasteiger partial charge in [-0.25, -0.2) is 4.98 Å². The zero-order valence-corrected chi connectivity index (χ0v) is 15.7. The van der Waals surface area contributed by atoms with E-state index < -0.39 is 0 Å². The standard InChI is InChI=1S/C22H28N2O/c1-5-15(2)19-8-6-18(7-9-19)14-24-21-13-17(4)16(3)12-20(21)23-22(24)10-11-25/h6-9,12-13,15,25H,5,10-11,14H2,1-4H3. The molecule has 2 aromatic carbocycles. The van der Waals surface area contributed by atoms with E-state index in [9.17, 15) is 5.11 Å². The van der Waals surface area contributed by atoms with Crippen LogP contribution in [0.2, 0.25) is 0 Å². The van der Waals surface area contributed by atoms with Gasteiger partial charge in [-0.1, -0.05) is 38.1 Å². The smallest absolute Gasteiger partial charge is 0.112 e. The normalized spacial score (nSPS) is 12.7. The number of rotatable bonds is 6. The molecule has 0 aliphatic heterocycles. The second kappa shape index (κ2) is 7.40. The molecule has 1 unspecified atom stereocenters. The van der Waals surface area contributed by atoms with Crippen LogP contribution in [-0.4, -0.2) is 21.3 Å². The van der Waals surface area contributed by atoms with Crippen LogP contribution in [0.1, 0.15) is 54.3 Å². The molecule has 0 aliphatic carbocycles. The van der Waals surface area contributed by atoms with Crippen molar-refractivity contribution in [2.24, 2.45) is 0 Å². The Bertz CT molecular complexity index is 862. The first-order chi connectivity index (χ1) is 12.0. The Hall–Kier alpha value is -2.13. The van der Waals surface area contributed by atoms with Crippen LogP contribution in [0.3, 0.4) is 0 Å². The molecule has 1 aromatic heterocycles. The van der Waals surface area contributed by atoms with Gasteiger partial charge in [0.15, 0.2) is 0 Å². The molecule has 1 N–H and O–H groups in total. The molecule has 132 valence electrons. The largest absolute Gasteiger partial charge is 0.396 e. The molecule has 0 bridgehead atoms. The first-order valence-corrected chi connectivity index (χ1v) is 9.19. The van der Waals surface area contributed by atoms with Crippen molar-refractivity contribution in [2.75, 3.05) is 6.61 Å². The molecular weight excluding hydrogens is 308 g/mol. The summed E-state index contributed by atoms with van der Waals surface area (Å²) in [5.41, 5.74) is 7.36. The van der Waals surface area contributed by atoms with E-state index in [-0.39, 0.29) is 6.61 Å². The molecule has 0 aliphatic rings. The summed E-state index contributed by atoms with van der Waals surface area (Å²) in [5.74, 6) is 1.55. The van der Waals surface area contributed by atoms with Crippen molar-refractivity contribution in [3.05, 3.63) is 64.5 Å². The predicted octanol–water partition coefficient (Wildman–Crippen LogP) is 4.75. The summed E-state index contributed by atoms with van der Waals surface area (Å²) in [6, 6.07) is 13.3. The van der Waals surface area contributed by atoms with E-state index >= 15 is 0 Å². The highest BCUT2D eigenvalue weighted by molar-refractivity contribution is 5.78. The van der Waals surface area contributed by atoms with Crippen LogP contribution in [0.4, 0.5) is 0 Å². The van der Waals surface area contributed by atoms with Crippen LogP contribution in [0.15, 0.2) is 36.4 Å². The lowest BCUT2D eigenvalue weighted by atomic mass is 9.97.